The number of ether oxygens (including phenoxy) is 2. The maximum absolute atomic E-state index is 6.12. The molecule has 0 radical (unpaired) electrons. The fraction of sp³-hybridized carbons (Fsp3) is 0.783. The van der Waals surface area contributed by atoms with Crippen LogP contribution >= 0.6 is 0 Å². The number of imidazole rings is 1. The van der Waals surface area contributed by atoms with Gasteiger partial charge in [-0.25, -0.2) is 0 Å². The molecule has 0 spiro atoms. The number of aromatic nitrogens is 4. The lowest BCUT2D eigenvalue weighted by atomic mass is 9.91. The van der Waals surface area contributed by atoms with E-state index in [0.717, 1.165) is 31.7 Å². The summed E-state index contributed by atoms with van der Waals surface area (Å²) < 4.78 is 13.2. The number of likely N-dealkylation sites (tertiary alicyclic amines) is 1. The summed E-state index contributed by atoms with van der Waals surface area (Å²) >= 11 is 0. The predicted molar refractivity (Wildman–Crippen MR) is 125 cm³/mol. The molecule has 0 bridgehead atoms. The first-order valence-corrected chi connectivity index (χ1v) is 12.1. The average Bonchev–Trinajstić information content (AvgIpc) is 3.15. The number of methoxy groups -OCH3 is 1. The van der Waals surface area contributed by atoms with E-state index in [0.29, 0.717) is 35.6 Å². The highest BCUT2D eigenvalue weighted by atomic mass is 16.5. The van der Waals surface area contributed by atoms with E-state index in [1.807, 2.05) is 4.57 Å². The number of nitrogen functional groups attached to an aromatic ring is 1. The van der Waals surface area contributed by atoms with Crippen molar-refractivity contribution in [3.05, 3.63) is 0 Å². The molecule has 8 nitrogen and oxygen atoms in total. The van der Waals surface area contributed by atoms with Gasteiger partial charge in [-0.1, -0.05) is 46.0 Å². The van der Waals surface area contributed by atoms with Gasteiger partial charge < -0.3 is 20.1 Å². The topological polar surface area (TPSA) is 91.3 Å². The summed E-state index contributed by atoms with van der Waals surface area (Å²) in [6.45, 7) is 9.54. The van der Waals surface area contributed by atoms with E-state index in [1.54, 1.807) is 7.11 Å². The van der Waals surface area contributed by atoms with E-state index in [-0.39, 0.29) is 0 Å². The van der Waals surface area contributed by atoms with Crippen LogP contribution in [0.15, 0.2) is 0 Å². The smallest absolute Gasteiger partial charge is 0.320 e. The van der Waals surface area contributed by atoms with Crippen LogP contribution in [0, 0.1) is 5.92 Å². The van der Waals surface area contributed by atoms with Crippen LogP contribution < -0.4 is 15.2 Å². The molecule has 0 saturated carbocycles. The number of rotatable bonds is 13. The van der Waals surface area contributed by atoms with Crippen molar-refractivity contribution in [2.24, 2.45) is 5.92 Å². The van der Waals surface area contributed by atoms with Crippen LogP contribution in [0.3, 0.4) is 0 Å². The number of unbranched alkanes of at least 4 members (excludes halogenated alkanes) is 4. The Morgan fingerprint density at radius 1 is 1.00 bits per heavy atom. The third kappa shape index (κ3) is 6.45. The van der Waals surface area contributed by atoms with Crippen LogP contribution in [-0.4, -0.2) is 57.8 Å². The summed E-state index contributed by atoms with van der Waals surface area (Å²) in [5.41, 5.74) is 7.39. The molecule has 1 aliphatic heterocycles. The molecule has 2 N–H and O–H groups in total. The second kappa shape index (κ2) is 12.1. The maximum atomic E-state index is 6.12. The molecule has 0 atom stereocenters. The van der Waals surface area contributed by atoms with Crippen molar-refractivity contribution in [3.63, 3.8) is 0 Å². The number of nitrogens with two attached hydrogens (primary N) is 1. The number of hydrogen-bond acceptors (Lipinski definition) is 7. The molecule has 2 aromatic rings. The van der Waals surface area contributed by atoms with Crippen molar-refractivity contribution in [3.8, 4) is 12.0 Å². The molecule has 1 saturated heterocycles. The molecule has 31 heavy (non-hydrogen) atoms. The Balaban J connectivity index is 1.49. The third-order valence-corrected chi connectivity index (χ3v) is 6.38. The van der Waals surface area contributed by atoms with Gasteiger partial charge in [-0.2, -0.15) is 15.0 Å². The zero-order valence-electron chi connectivity index (χ0n) is 19.6. The van der Waals surface area contributed by atoms with Gasteiger partial charge in [0.25, 0.3) is 6.01 Å². The van der Waals surface area contributed by atoms with Gasteiger partial charge in [0.15, 0.2) is 17.0 Å². The fourth-order valence-electron chi connectivity index (χ4n) is 4.36. The van der Waals surface area contributed by atoms with Gasteiger partial charge in [0.05, 0.1) is 13.7 Å². The molecule has 174 valence electrons. The standard InChI is InChI=1S/C23H40N6O2/c1-4-6-17-31-22-26-20(24)19-21(27-22)29(23(25-19)30-3)14-10-8-7-9-11-18-12-15-28(5-2)16-13-18/h18H,4-17H2,1-3H3,(H2,24,26,27). The van der Waals surface area contributed by atoms with Gasteiger partial charge in [-0.05, 0) is 51.2 Å². The van der Waals surface area contributed by atoms with Gasteiger partial charge in [0.2, 0.25) is 0 Å². The van der Waals surface area contributed by atoms with Gasteiger partial charge in [-0.15, -0.1) is 0 Å². The Morgan fingerprint density at radius 3 is 2.48 bits per heavy atom. The van der Waals surface area contributed by atoms with Crippen LogP contribution in [0.2, 0.25) is 0 Å². The van der Waals surface area contributed by atoms with Crippen molar-refractivity contribution >= 4 is 17.0 Å². The largest absolute Gasteiger partial charge is 0.468 e. The lowest BCUT2D eigenvalue weighted by Gasteiger charge is -2.31. The summed E-state index contributed by atoms with van der Waals surface area (Å²) in [5, 5.41) is 0. The highest BCUT2D eigenvalue weighted by Gasteiger charge is 2.19. The summed E-state index contributed by atoms with van der Waals surface area (Å²) in [5.74, 6) is 1.26. The second-order valence-electron chi connectivity index (χ2n) is 8.60. The van der Waals surface area contributed by atoms with E-state index in [2.05, 4.69) is 33.7 Å². The Kier molecular flexibility index (Phi) is 9.18. The first-order valence-electron chi connectivity index (χ1n) is 12.1. The Labute approximate surface area is 186 Å². The second-order valence-corrected chi connectivity index (χ2v) is 8.60. The predicted octanol–water partition coefficient (Wildman–Crippen LogP) is 4.28. The number of nitrogens with zero attached hydrogens (tertiary/aromatic N) is 5. The molecule has 0 aromatic carbocycles. The Bertz CT molecular complexity index is 801. The van der Waals surface area contributed by atoms with E-state index in [9.17, 15) is 0 Å². The third-order valence-electron chi connectivity index (χ3n) is 6.38. The zero-order valence-corrected chi connectivity index (χ0v) is 19.6. The van der Waals surface area contributed by atoms with Gasteiger partial charge in [0.1, 0.15) is 0 Å². The summed E-state index contributed by atoms with van der Waals surface area (Å²) in [6, 6.07) is 0.848. The van der Waals surface area contributed by atoms with Crippen LogP contribution in [0.5, 0.6) is 12.0 Å². The Morgan fingerprint density at radius 2 is 1.77 bits per heavy atom. The van der Waals surface area contributed by atoms with E-state index < -0.39 is 0 Å². The van der Waals surface area contributed by atoms with Crippen molar-refractivity contribution in [1.82, 2.24) is 24.4 Å². The Hall–Kier alpha value is -2.09. The first kappa shape index (κ1) is 23.6. The summed E-state index contributed by atoms with van der Waals surface area (Å²) in [4.78, 5) is 15.9. The minimum absolute atomic E-state index is 0.316. The quantitative estimate of drug-likeness (QED) is 0.472. The van der Waals surface area contributed by atoms with Crippen molar-refractivity contribution < 1.29 is 9.47 Å². The SMILES string of the molecule is CCCCOc1nc(N)c2nc(OC)n(CCCCCCC3CCN(CC)CC3)c2n1. The lowest BCUT2D eigenvalue weighted by molar-refractivity contribution is 0.184. The van der Waals surface area contributed by atoms with Crippen molar-refractivity contribution in [2.45, 2.75) is 78.2 Å². The fourth-order valence-corrected chi connectivity index (χ4v) is 4.36. The number of aryl methyl sites for hydroxylation is 1. The van der Waals surface area contributed by atoms with Crippen LogP contribution in [0.4, 0.5) is 5.82 Å². The molecule has 8 heteroatoms. The molecule has 1 fully saturated rings. The maximum Gasteiger partial charge on any atom is 0.320 e. The zero-order chi connectivity index (χ0) is 22.1. The van der Waals surface area contributed by atoms with Crippen LogP contribution in [-0.2, 0) is 6.54 Å². The molecular weight excluding hydrogens is 392 g/mol. The van der Waals surface area contributed by atoms with E-state index in [4.69, 9.17) is 15.2 Å². The van der Waals surface area contributed by atoms with Gasteiger partial charge >= 0.3 is 6.01 Å². The normalized spacial score (nSPS) is 15.6. The molecule has 2 aromatic heterocycles. The molecule has 0 aliphatic carbocycles. The van der Waals surface area contributed by atoms with E-state index in [1.165, 1.54) is 58.2 Å². The molecule has 0 amide bonds. The number of hydrogen-bond donors (Lipinski definition) is 1. The van der Waals surface area contributed by atoms with Gasteiger partial charge in [-0.3, -0.25) is 4.57 Å². The summed E-state index contributed by atoms with van der Waals surface area (Å²) in [7, 11) is 1.63. The highest BCUT2D eigenvalue weighted by Crippen LogP contribution is 2.27. The molecule has 3 rings (SSSR count). The minimum atomic E-state index is 0.316. The monoisotopic (exact) mass is 432 g/mol. The first-order chi connectivity index (χ1) is 15.2. The molecule has 3 heterocycles. The van der Waals surface area contributed by atoms with Crippen LogP contribution in [0.1, 0.15) is 71.6 Å². The van der Waals surface area contributed by atoms with Crippen molar-refractivity contribution in [1.29, 1.82) is 0 Å². The number of fused-ring (bicyclic) bond motifs is 1. The number of piperidine rings is 1. The van der Waals surface area contributed by atoms with Gasteiger partial charge in [0, 0.05) is 6.54 Å². The van der Waals surface area contributed by atoms with Crippen LogP contribution in [0.25, 0.3) is 11.2 Å². The highest BCUT2D eigenvalue weighted by molar-refractivity contribution is 5.83. The average molecular weight is 433 g/mol. The van der Waals surface area contributed by atoms with E-state index >= 15 is 0 Å². The van der Waals surface area contributed by atoms with Crippen molar-refractivity contribution in [2.75, 3.05) is 39.1 Å². The lowest BCUT2D eigenvalue weighted by Crippen LogP contribution is -2.33. The minimum Gasteiger partial charge on any atom is -0.468 e. The summed E-state index contributed by atoms with van der Waals surface area (Å²) in [6.07, 6.45) is 11.0. The molecule has 1 aliphatic rings. The number of anilines is 1. The molecule has 0 unspecified atom stereocenters. The molecular formula is C23H40N6O2.